The van der Waals surface area contributed by atoms with E-state index in [1.807, 2.05) is 18.2 Å². The number of hydrogen-bond donors (Lipinski definition) is 1. The Kier molecular flexibility index (Phi) is 3.69. The molecule has 0 bridgehead atoms. The molecule has 1 amide bonds. The first-order chi connectivity index (χ1) is 13.2. The average molecular weight is 375 g/mol. The van der Waals surface area contributed by atoms with Crippen molar-refractivity contribution < 1.29 is 4.79 Å². The summed E-state index contributed by atoms with van der Waals surface area (Å²) in [6, 6.07) is 15.6. The van der Waals surface area contributed by atoms with Crippen LogP contribution in [0.2, 0.25) is 5.02 Å². The topological polar surface area (TPSA) is 59.8 Å². The van der Waals surface area contributed by atoms with Crippen LogP contribution in [0, 0.1) is 0 Å². The molecular weight excluding hydrogens is 360 g/mol. The van der Waals surface area contributed by atoms with Crippen LogP contribution in [0.5, 0.6) is 0 Å². The van der Waals surface area contributed by atoms with Crippen molar-refractivity contribution in [2.45, 2.75) is 12.8 Å². The van der Waals surface area contributed by atoms with E-state index in [1.54, 1.807) is 29.4 Å². The molecule has 1 heterocycles. The van der Waals surface area contributed by atoms with Gasteiger partial charge in [-0.1, -0.05) is 35.9 Å². The maximum Gasteiger partial charge on any atom is 0.257 e. The van der Waals surface area contributed by atoms with E-state index in [1.165, 1.54) is 16.5 Å². The Morgan fingerprint density at radius 1 is 1.00 bits per heavy atom. The van der Waals surface area contributed by atoms with Crippen LogP contribution in [-0.2, 0) is 12.8 Å². The minimum absolute atomic E-state index is 0.242. The van der Waals surface area contributed by atoms with Gasteiger partial charge in [0.15, 0.2) is 0 Å². The lowest BCUT2D eigenvalue weighted by Gasteiger charge is -2.12. The number of halogens is 1. The minimum atomic E-state index is -0.242. The van der Waals surface area contributed by atoms with Gasteiger partial charge in [-0.3, -0.25) is 9.36 Å². The average Bonchev–Trinajstić information content (AvgIpc) is 3.35. The molecule has 5 rings (SSSR count). The molecule has 0 radical (unpaired) electrons. The highest BCUT2D eigenvalue weighted by Gasteiger charge is 2.18. The third kappa shape index (κ3) is 2.67. The molecule has 132 valence electrons. The van der Waals surface area contributed by atoms with Gasteiger partial charge in [-0.15, -0.1) is 10.2 Å². The van der Waals surface area contributed by atoms with E-state index in [4.69, 9.17) is 11.6 Å². The molecule has 0 fully saturated rings. The molecule has 0 unspecified atom stereocenters. The van der Waals surface area contributed by atoms with Crippen LogP contribution in [0.4, 0.5) is 5.69 Å². The Balaban J connectivity index is 1.53. The van der Waals surface area contributed by atoms with Crippen molar-refractivity contribution >= 4 is 34.0 Å². The smallest absolute Gasteiger partial charge is 0.257 e. The van der Waals surface area contributed by atoms with Gasteiger partial charge in [-0.2, -0.15) is 0 Å². The standard InChI is InChI=1S/C21H15ClN4O/c22-18-8-7-15(26-11-23-24-12-26)10-17(18)21(27)25-19-9-6-14-5-4-13-2-1-3-16(19)20(13)14/h1-3,6-12H,4-5H2,(H,25,27). The van der Waals surface area contributed by atoms with E-state index in [9.17, 15) is 4.79 Å². The van der Waals surface area contributed by atoms with Crippen LogP contribution in [-0.4, -0.2) is 20.7 Å². The molecular formula is C21H15ClN4O. The minimum Gasteiger partial charge on any atom is -0.321 e. The summed E-state index contributed by atoms with van der Waals surface area (Å²) in [6.07, 6.45) is 5.26. The molecule has 0 spiro atoms. The van der Waals surface area contributed by atoms with Crippen molar-refractivity contribution in [1.82, 2.24) is 14.8 Å². The van der Waals surface area contributed by atoms with E-state index >= 15 is 0 Å². The van der Waals surface area contributed by atoms with E-state index in [2.05, 4.69) is 33.7 Å². The van der Waals surface area contributed by atoms with Gasteiger partial charge in [0.25, 0.3) is 5.91 Å². The van der Waals surface area contributed by atoms with Crippen LogP contribution >= 0.6 is 11.6 Å². The molecule has 0 saturated carbocycles. The maximum atomic E-state index is 12.9. The summed E-state index contributed by atoms with van der Waals surface area (Å²) >= 11 is 6.30. The largest absolute Gasteiger partial charge is 0.321 e. The number of carbonyl (C=O) groups is 1. The summed E-state index contributed by atoms with van der Waals surface area (Å²) in [7, 11) is 0. The van der Waals surface area contributed by atoms with Crippen molar-refractivity contribution in [3.63, 3.8) is 0 Å². The quantitative estimate of drug-likeness (QED) is 0.577. The number of benzene rings is 3. The molecule has 0 atom stereocenters. The first-order valence-corrected chi connectivity index (χ1v) is 9.08. The number of amides is 1. The van der Waals surface area contributed by atoms with Crippen LogP contribution < -0.4 is 5.32 Å². The van der Waals surface area contributed by atoms with Crippen LogP contribution in [0.3, 0.4) is 0 Å². The van der Waals surface area contributed by atoms with E-state index in [0.717, 1.165) is 29.6 Å². The fourth-order valence-corrected chi connectivity index (χ4v) is 3.93. The lowest BCUT2D eigenvalue weighted by molar-refractivity contribution is 0.102. The first-order valence-electron chi connectivity index (χ1n) is 8.70. The molecule has 6 heteroatoms. The Labute approximate surface area is 160 Å². The van der Waals surface area contributed by atoms with E-state index in [0.29, 0.717) is 10.6 Å². The molecule has 4 aromatic rings. The summed E-state index contributed by atoms with van der Waals surface area (Å²) in [5, 5.41) is 13.4. The number of hydrogen-bond acceptors (Lipinski definition) is 3. The predicted octanol–water partition coefficient (Wildman–Crippen LogP) is 4.42. The zero-order valence-electron chi connectivity index (χ0n) is 14.3. The zero-order valence-corrected chi connectivity index (χ0v) is 15.1. The second-order valence-electron chi connectivity index (χ2n) is 6.60. The van der Waals surface area contributed by atoms with Crippen LogP contribution in [0.1, 0.15) is 21.5 Å². The zero-order chi connectivity index (χ0) is 18.4. The molecule has 1 aliphatic carbocycles. The lowest BCUT2D eigenvalue weighted by atomic mass is 10.0. The maximum absolute atomic E-state index is 12.9. The van der Waals surface area contributed by atoms with Gasteiger partial charge < -0.3 is 5.32 Å². The Hall–Kier alpha value is -3.18. The predicted molar refractivity (Wildman–Crippen MR) is 106 cm³/mol. The second kappa shape index (κ2) is 6.21. The Morgan fingerprint density at radius 3 is 2.59 bits per heavy atom. The van der Waals surface area contributed by atoms with Crippen molar-refractivity contribution in [3.05, 3.63) is 82.9 Å². The van der Waals surface area contributed by atoms with Gasteiger partial charge in [0.05, 0.1) is 10.6 Å². The molecule has 1 aliphatic rings. The Morgan fingerprint density at radius 2 is 1.78 bits per heavy atom. The van der Waals surface area contributed by atoms with E-state index in [-0.39, 0.29) is 5.91 Å². The first kappa shape index (κ1) is 16.0. The van der Waals surface area contributed by atoms with Gasteiger partial charge in [0.2, 0.25) is 0 Å². The van der Waals surface area contributed by atoms with Crippen molar-refractivity contribution in [1.29, 1.82) is 0 Å². The van der Waals surface area contributed by atoms with Gasteiger partial charge in [-0.25, -0.2) is 0 Å². The third-order valence-corrected chi connectivity index (χ3v) is 5.37. The Bertz CT molecular complexity index is 1170. The summed E-state index contributed by atoms with van der Waals surface area (Å²) in [5.74, 6) is -0.242. The lowest BCUT2D eigenvalue weighted by Crippen LogP contribution is -2.13. The number of aromatic nitrogens is 3. The number of aryl methyl sites for hydroxylation is 2. The SMILES string of the molecule is O=C(Nc1ccc2c3c(cccc13)CC2)c1cc(-n2cnnc2)ccc1Cl. The van der Waals surface area contributed by atoms with Gasteiger partial charge in [-0.05, 0) is 53.6 Å². The molecule has 1 aromatic heterocycles. The second-order valence-corrected chi connectivity index (χ2v) is 7.01. The van der Waals surface area contributed by atoms with Crippen LogP contribution in [0.15, 0.2) is 61.2 Å². The number of nitrogens with one attached hydrogen (secondary N) is 1. The van der Waals surface area contributed by atoms with Crippen molar-refractivity contribution in [3.8, 4) is 5.69 Å². The molecule has 0 aliphatic heterocycles. The molecule has 3 aromatic carbocycles. The fraction of sp³-hybridized carbons (Fsp3) is 0.0952. The molecule has 0 saturated heterocycles. The molecule has 5 nitrogen and oxygen atoms in total. The highest BCUT2D eigenvalue weighted by molar-refractivity contribution is 6.34. The monoisotopic (exact) mass is 374 g/mol. The van der Waals surface area contributed by atoms with Gasteiger partial charge in [0.1, 0.15) is 12.7 Å². The summed E-state index contributed by atoms with van der Waals surface area (Å²) in [4.78, 5) is 12.9. The summed E-state index contributed by atoms with van der Waals surface area (Å²) < 4.78 is 1.73. The fourth-order valence-electron chi connectivity index (χ4n) is 3.73. The number of rotatable bonds is 3. The molecule has 1 N–H and O–H groups in total. The summed E-state index contributed by atoms with van der Waals surface area (Å²) in [6.45, 7) is 0. The highest BCUT2D eigenvalue weighted by atomic mass is 35.5. The highest BCUT2D eigenvalue weighted by Crippen LogP contribution is 2.35. The van der Waals surface area contributed by atoms with Crippen molar-refractivity contribution in [2.75, 3.05) is 5.32 Å². The van der Waals surface area contributed by atoms with Crippen LogP contribution in [0.25, 0.3) is 16.5 Å². The number of anilines is 1. The third-order valence-electron chi connectivity index (χ3n) is 5.04. The normalized spacial score (nSPS) is 12.5. The van der Waals surface area contributed by atoms with Crippen molar-refractivity contribution in [2.24, 2.45) is 0 Å². The number of nitrogens with zero attached hydrogens (tertiary/aromatic N) is 3. The molecule has 27 heavy (non-hydrogen) atoms. The van der Waals surface area contributed by atoms with Gasteiger partial charge >= 0.3 is 0 Å². The van der Waals surface area contributed by atoms with Gasteiger partial charge in [0, 0.05) is 16.8 Å². The van der Waals surface area contributed by atoms with E-state index < -0.39 is 0 Å². The summed E-state index contributed by atoms with van der Waals surface area (Å²) in [5.41, 5.74) is 4.66. The number of carbonyl (C=O) groups excluding carboxylic acids is 1.